The number of hydrogen-bond donors (Lipinski definition) is 1. The normalized spacial score (nSPS) is 30.0. The smallest absolute Gasteiger partial charge is 0.255 e. The fourth-order valence-electron chi connectivity index (χ4n) is 5.95. The molecule has 1 aliphatic heterocycles. The van der Waals surface area contributed by atoms with Crippen LogP contribution in [-0.4, -0.2) is 61.0 Å². The third-order valence-electron chi connectivity index (χ3n) is 7.28. The van der Waals surface area contributed by atoms with Crippen LogP contribution >= 0.6 is 0 Å². The van der Waals surface area contributed by atoms with E-state index in [1.165, 1.54) is 52.7 Å². The summed E-state index contributed by atoms with van der Waals surface area (Å²) < 4.78 is 22.9. The third-order valence-corrected chi connectivity index (χ3v) is 8.22. The SMILES string of the molecule is COc1cc(OC)c([S@+](C)[O-])cc1C(=O)NC1CCN(C2C3CCCC2CCC3)C1. The first-order chi connectivity index (χ1) is 14.5. The second-order valence-corrected chi connectivity index (χ2v) is 10.3. The van der Waals surface area contributed by atoms with Gasteiger partial charge in [0.1, 0.15) is 12.0 Å². The number of likely N-dealkylation sites (tertiary alicyclic amines) is 1. The molecule has 1 aromatic rings. The van der Waals surface area contributed by atoms with Gasteiger partial charge in [-0.05, 0) is 55.1 Å². The van der Waals surface area contributed by atoms with Crippen molar-refractivity contribution in [2.45, 2.75) is 61.9 Å². The number of hydrogen-bond acceptors (Lipinski definition) is 5. The van der Waals surface area contributed by atoms with E-state index in [9.17, 15) is 9.35 Å². The first kappa shape index (κ1) is 21.8. The van der Waals surface area contributed by atoms with Gasteiger partial charge >= 0.3 is 0 Å². The Morgan fingerprint density at radius 1 is 1.07 bits per heavy atom. The van der Waals surface area contributed by atoms with Gasteiger partial charge in [-0.25, -0.2) is 0 Å². The average Bonchev–Trinajstić information content (AvgIpc) is 3.20. The van der Waals surface area contributed by atoms with E-state index in [-0.39, 0.29) is 11.9 Å². The lowest BCUT2D eigenvalue weighted by molar-refractivity contribution is 0.0346. The summed E-state index contributed by atoms with van der Waals surface area (Å²) in [6.45, 7) is 1.99. The summed E-state index contributed by atoms with van der Waals surface area (Å²) in [6, 6.07) is 4.14. The Labute approximate surface area is 182 Å². The van der Waals surface area contributed by atoms with E-state index in [2.05, 4.69) is 10.2 Å². The summed E-state index contributed by atoms with van der Waals surface area (Å²) in [4.78, 5) is 16.2. The number of nitrogens with one attached hydrogen (secondary N) is 1. The van der Waals surface area contributed by atoms with E-state index in [0.717, 1.165) is 31.3 Å². The molecule has 1 unspecified atom stereocenters. The van der Waals surface area contributed by atoms with Crippen LogP contribution in [0.25, 0.3) is 0 Å². The minimum Gasteiger partial charge on any atom is -0.612 e. The quantitative estimate of drug-likeness (QED) is 0.696. The van der Waals surface area contributed by atoms with E-state index in [4.69, 9.17) is 9.47 Å². The van der Waals surface area contributed by atoms with Crippen molar-refractivity contribution in [2.75, 3.05) is 33.6 Å². The molecule has 6 nitrogen and oxygen atoms in total. The molecule has 2 saturated carbocycles. The second kappa shape index (κ2) is 9.37. The molecule has 2 bridgehead atoms. The Morgan fingerprint density at radius 3 is 2.27 bits per heavy atom. The van der Waals surface area contributed by atoms with Gasteiger partial charge in [-0.15, -0.1) is 0 Å². The number of benzene rings is 1. The predicted molar refractivity (Wildman–Crippen MR) is 118 cm³/mol. The molecule has 30 heavy (non-hydrogen) atoms. The number of nitrogens with zero attached hydrogens (tertiary/aromatic N) is 1. The van der Waals surface area contributed by atoms with Crippen molar-refractivity contribution < 1.29 is 18.8 Å². The molecule has 1 heterocycles. The molecule has 4 rings (SSSR count). The molecule has 0 aromatic heterocycles. The Balaban J connectivity index is 1.45. The maximum Gasteiger partial charge on any atom is 0.255 e. The molecule has 0 spiro atoms. The van der Waals surface area contributed by atoms with Crippen molar-refractivity contribution >= 4 is 17.1 Å². The Hall–Kier alpha value is -1.44. The standard InChI is InChI=1S/C23H34N2O4S/c1-28-19-13-20(29-2)21(30(3)27)12-18(19)23(26)24-17-10-11-25(14-17)22-15-6-4-7-16(22)9-5-8-15/h12-13,15-17,22H,4-11,14H2,1-3H3,(H,24,26)/t15?,16?,17?,22?,30-/m0/s1. The van der Waals surface area contributed by atoms with Crippen molar-refractivity contribution in [3.8, 4) is 11.5 Å². The van der Waals surface area contributed by atoms with Crippen LogP contribution in [0.4, 0.5) is 0 Å². The highest BCUT2D eigenvalue weighted by Gasteiger charge is 2.42. The highest BCUT2D eigenvalue weighted by molar-refractivity contribution is 7.90. The molecule has 3 fully saturated rings. The summed E-state index contributed by atoms with van der Waals surface area (Å²) in [5, 5.41) is 3.21. The molecule has 2 aliphatic carbocycles. The monoisotopic (exact) mass is 434 g/mol. The highest BCUT2D eigenvalue weighted by Crippen LogP contribution is 2.43. The minimum absolute atomic E-state index is 0.141. The molecule has 1 N–H and O–H groups in total. The third kappa shape index (κ3) is 4.30. The van der Waals surface area contributed by atoms with Crippen molar-refractivity contribution in [1.29, 1.82) is 0 Å². The number of methoxy groups -OCH3 is 2. The summed E-state index contributed by atoms with van der Waals surface area (Å²) in [5.74, 6) is 2.43. The van der Waals surface area contributed by atoms with Crippen LogP contribution in [0.3, 0.4) is 0 Å². The van der Waals surface area contributed by atoms with E-state index < -0.39 is 11.2 Å². The summed E-state index contributed by atoms with van der Waals surface area (Å²) in [6.07, 6.45) is 10.8. The Kier molecular flexibility index (Phi) is 6.80. The van der Waals surface area contributed by atoms with Crippen LogP contribution in [-0.2, 0) is 11.2 Å². The van der Waals surface area contributed by atoms with Gasteiger partial charge in [0, 0.05) is 37.3 Å². The molecular formula is C23H34N2O4S. The zero-order valence-corrected chi connectivity index (χ0v) is 19.1. The first-order valence-electron chi connectivity index (χ1n) is 11.2. The number of amides is 1. The highest BCUT2D eigenvalue weighted by atomic mass is 32.2. The lowest BCUT2D eigenvalue weighted by Gasteiger charge is -2.47. The molecule has 1 aromatic carbocycles. The van der Waals surface area contributed by atoms with Crippen LogP contribution < -0.4 is 14.8 Å². The first-order valence-corrected chi connectivity index (χ1v) is 12.7. The maximum absolute atomic E-state index is 13.1. The second-order valence-electron chi connectivity index (χ2n) is 8.98. The maximum atomic E-state index is 13.1. The van der Waals surface area contributed by atoms with Gasteiger partial charge in [0.15, 0.2) is 10.6 Å². The fraction of sp³-hybridized carbons (Fsp3) is 0.696. The van der Waals surface area contributed by atoms with Crippen LogP contribution in [0, 0.1) is 11.8 Å². The van der Waals surface area contributed by atoms with Gasteiger partial charge < -0.3 is 19.3 Å². The Morgan fingerprint density at radius 2 is 1.70 bits per heavy atom. The molecular weight excluding hydrogens is 400 g/mol. The van der Waals surface area contributed by atoms with Crippen LogP contribution in [0.5, 0.6) is 11.5 Å². The number of carbonyl (C=O) groups is 1. The van der Waals surface area contributed by atoms with Crippen LogP contribution in [0.2, 0.25) is 0 Å². The van der Waals surface area contributed by atoms with Gasteiger partial charge in [-0.3, -0.25) is 9.69 Å². The van der Waals surface area contributed by atoms with E-state index >= 15 is 0 Å². The number of fused-ring (bicyclic) bond motifs is 2. The van der Waals surface area contributed by atoms with Gasteiger partial charge in [-0.1, -0.05) is 12.8 Å². The van der Waals surface area contributed by atoms with Gasteiger partial charge in [-0.2, -0.15) is 0 Å². The van der Waals surface area contributed by atoms with Crippen molar-refractivity contribution in [1.82, 2.24) is 10.2 Å². The van der Waals surface area contributed by atoms with E-state index in [0.29, 0.717) is 28.0 Å². The lowest BCUT2D eigenvalue weighted by atomic mass is 9.68. The molecule has 3 aliphatic rings. The largest absolute Gasteiger partial charge is 0.612 e. The van der Waals surface area contributed by atoms with Crippen molar-refractivity contribution in [3.63, 3.8) is 0 Å². The summed E-state index contributed by atoms with van der Waals surface area (Å²) in [5.41, 5.74) is 0.413. The van der Waals surface area contributed by atoms with E-state index in [1.807, 2.05) is 0 Å². The summed E-state index contributed by atoms with van der Waals surface area (Å²) in [7, 11) is 3.06. The number of ether oxygens (including phenoxy) is 2. The molecule has 0 radical (unpaired) electrons. The number of carbonyl (C=O) groups excluding carboxylic acids is 1. The molecule has 7 heteroatoms. The van der Waals surface area contributed by atoms with Gasteiger partial charge in [0.25, 0.3) is 5.91 Å². The molecule has 1 amide bonds. The van der Waals surface area contributed by atoms with Crippen molar-refractivity contribution in [3.05, 3.63) is 17.7 Å². The van der Waals surface area contributed by atoms with Crippen LogP contribution in [0.1, 0.15) is 55.3 Å². The molecule has 1 saturated heterocycles. The lowest BCUT2D eigenvalue weighted by Crippen LogP contribution is -2.50. The zero-order valence-electron chi connectivity index (χ0n) is 18.3. The van der Waals surface area contributed by atoms with Gasteiger partial charge in [0.2, 0.25) is 0 Å². The molecule has 166 valence electrons. The predicted octanol–water partition coefficient (Wildman–Crippen LogP) is 3.21. The van der Waals surface area contributed by atoms with Gasteiger partial charge in [0.05, 0.1) is 19.8 Å². The summed E-state index contributed by atoms with van der Waals surface area (Å²) >= 11 is -1.26. The Bertz CT molecular complexity index is 750. The zero-order chi connectivity index (χ0) is 21.3. The fourth-order valence-corrected chi connectivity index (χ4v) is 6.66. The van der Waals surface area contributed by atoms with Crippen molar-refractivity contribution in [2.24, 2.45) is 11.8 Å². The topological polar surface area (TPSA) is 73.9 Å². The molecule has 2 atom stereocenters. The number of rotatable bonds is 6. The minimum atomic E-state index is -1.26. The average molecular weight is 435 g/mol. The van der Waals surface area contributed by atoms with Crippen LogP contribution in [0.15, 0.2) is 17.0 Å². The van der Waals surface area contributed by atoms with E-state index in [1.54, 1.807) is 18.4 Å².